The molecule has 5 nitrogen and oxygen atoms in total. The van der Waals surface area contributed by atoms with Crippen LogP contribution in [0.5, 0.6) is 0 Å². The zero-order valence-electron chi connectivity index (χ0n) is 11.9. The van der Waals surface area contributed by atoms with Crippen molar-refractivity contribution in [2.75, 3.05) is 13.1 Å². The van der Waals surface area contributed by atoms with E-state index in [1.807, 2.05) is 4.90 Å². The van der Waals surface area contributed by atoms with Crippen LogP contribution >= 0.6 is 12.2 Å². The molecule has 2 aliphatic rings. The Morgan fingerprint density at radius 1 is 1.25 bits per heavy atom. The average molecular weight is 297 g/mol. The third-order valence-corrected chi connectivity index (χ3v) is 5.06. The fourth-order valence-electron chi connectivity index (χ4n) is 3.54. The van der Waals surface area contributed by atoms with E-state index in [9.17, 15) is 9.59 Å². The number of primary amides is 1. The van der Waals surface area contributed by atoms with Crippen molar-refractivity contribution in [3.8, 4) is 0 Å². The molecule has 2 amide bonds. The molecule has 0 atom stereocenters. The Labute approximate surface area is 125 Å². The molecule has 0 aromatic heterocycles. The molecule has 6 heteroatoms. The summed E-state index contributed by atoms with van der Waals surface area (Å²) in [6.45, 7) is 3.47. The van der Waals surface area contributed by atoms with Gasteiger partial charge in [0, 0.05) is 19.5 Å². The molecule has 0 aromatic rings. The molecule has 2 rings (SSSR count). The molecular formula is C14H23N3O2S. The lowest BCUT2D eigenvalue weighted by atomic mass is 9.61. The standard InChI is InChI=1S/C14H23N3O2S/c1-9-7-14(8-9,12(16)20)13(19)17-4-2-10(3-5-17)6-11(15)18/h9-10H,2-8H2,1H3,(H2,15,18)(H2,16,20). The number of amides is 2. The number of nitrogens with zero attached hydrogens (tertiary/aromatic N) is 1. The van der Waals surface area contributed by atoms with Crippen LogP contribution in [0.3, 0.4) is 0 Å². The number of carbonyl (C=O) groups excluding carboxylic acids is 2. The highest BCUT2D eigenvalue weighted by molar-refractivity contribution is 7.80. The Hall–Kier alpha value is -1.17. The molecule has 20 heavy (non-hydrogen) atoms. The van der Waals surface area contributed by atoms with Crippen LogP contribution in [0, 0.1) is 17.3 Å². The van der Waals surface area contributed by atoms with Gasteiger partial charge in [0.2, 0.25) is 11.8 Å². The maximum absolute atomic E-state index is 12.7. The minimum atomic E-state index is -0.606. The van der Waals surface area contributed by atoms with Gasteiger partial charge in [-0.05, 0) is 37.5 Å². The first-order chi connectivity index (χ1) is 9.35. The Morgan fingerprint density at radius 3 is 2.20 bits per heavy atom. The van der Waals surface area contributed by atoms with Crippen molar-refractivity contribution in [3.05, 3.63) is 0 Å². The Morgan fingerprint density at radius 2 is 1.80 bits per heavy atom. The third kappa shape index (κ3) is 2.80. The third-order valence-electron chi connectivity index (χ3n) is 4.67. The molecule has 1 aliphatic carbocycles. The maximum Gasteiger partial charge on any atom is 0.235 e. The number of likely N-dealkylation sites (tertiary alicyclic amines) is 1. The van der Waals surface area contributed by atoms with E-state index >= 15 is 0 Å². The zero-order chi connectivity index (χ0) is 14.9. The molecule has 0 aromatic carbocycles. The molecule has 0 radical (unpaired) electrons. The first kappa shape index (κ1) is 15.2. The van der Waals surface area contributed by atoms with Gasteiger partial charge in [-0.3, -0.25) is 9.59 Å². The quantitative estimate of drug-likeness (QED) is 0.751. The summed E-state index contributed by atoms with van der Waals surface area (Å²) in [6.07, 6.45) is 3.61. The van der Waals surface area contributed by atoms with E-state index in [1.54, 1.807) is 0 Å². The van der Waals surface area contributed by atoms with Gasteiger partial charge >= 0.3 is 0 Å². The smallest absolute Gasteiger partial charge is 0.235 e. The van der Waals surface area contributed by atoms with Crippen molar-refractivity contribution in [2.45, 2.75) is 39.0 Å². The van der Waals surface area contributed by atoms with Crippen molar-refractivity contribution in [1.82, 2.24) is 4.90 Å². The predicted molar refractivity (Wildman–Crippen MR) is 80.7 cm³/mol. The molecule has 1 saturated heterocycles. The molecule has 2 fully saturated rings. The summed E-state index contributed by atoms with van der Waals surface area (Å²) < 4.78 is 0. The number of hydrogen-bond acceptors (Lipinski definition) is 3. The van der Waals surface area contributed by atoms with Crippen LogP contribution in [0.15, 0.2) is 0 Å². The summed E-state index contributed by atoms with van der Waals surface area (Å²) in [5.74, 6) is 0.633. The predicted octanol–water partition coefficient (Wildman–Crippen LogP) is 0.803. The number of rotatable bonds is 4. The Bertz CT molecular complexity index is 424. The fraction of sp³-hybridized carbons (Fsp3) is 0.786. The largest absolute Gasteiger partial charge is 0.392 e. The molecular weight excluding hydrogens is 274 g/mol. The summed E-state index contributed by atoms with van der Waals surface area (Å²) in [5, 5.41) is 0. The van der Waals surface area contributed by atoms with E-state index in [0.29, 0.717) is 36.3 Å². The summed E-state index contributed by atoms with van der Waals surface area (Å²) >= 11 is 5.13. The number of hydrogen-bond donors (Lipinski definition) is 2. The van der Waals surface area contributed by atoms with Crippen molar-refractivity contribution >= 4 is 29.0 Å². The zero-order valence-corrected chi connectivity index (χ0v) is 12.7. The van der Waals surface area contributed by atoms with Gasteiger partial charge in [0.05, 0.1) is 10.4 Å². The molecule has 112 valence electrons. The number of nitrogens with two attached hydrogens (primary N) is 2. The van der Waals surface area contributed by atoms with Gasteiger partial charge in [-0.2, -0.15) is 0 Å². The van der Waals surface area contributed by atoms with Crippen molar-refractivity contribution in [3.63, 3.8) is 0 Å². The van der Waals surface area contributed by atoms with Crippen LogP contribution in [0.1, 0.15) is 39.0 Å². The van der Waals surface area contributed by atoms with E-state index in [-0.39, 0.29) is 11.8 Å². The van der Waals surface area contributed by atoms with Crippen molar-refractivity contribution in [1.29, 1.82) is 0 Å². The van der Waals surface area contributed by atoms with Crippen LogP contribution in [0.2, 0.25) is 0 Å². The Kier molecular flexibility index (Phi) is 4.32. The first-order valence-electron chi connectivity index (χ1n) is 7.23. The van der Waals surface area contributed by atoms with E-state index in [1.165, 1.54) is 0 Å². The van der Waals surface area contributed by atoms with Crippen LogP contribution in [-0.4, -0.2) is 34.8 Å². The van der Waals surface area contributed by atoms with Gasteiger partial charge in [-0.15, -0.1) is 0 Å². The van der Waals surface area contributed by atoms with Crippen LogP contribution in [-0.2, 0) is 9.59 Å². The highest BCUT2D eigenvalue weighted by Crippen LogP contribution is 2.47. The van der Waals surface area contributed by atoms with Gasteiger partial charge in [-0.25, -0.2) is 0 Å². The highest BCUT2D eigenvalue weighted by atomic mass is 32.1. The van der Waals surface area contributed by atoms with E-state index in [0.717, 1.165) is 25.7 Å². The lowest BCUT2D eigenvalue weighted by molar-refractivity contribution is -0.145. The normalized spacial score (nSPS) is 30.6. The molecule has 1 heterocycles. The molecule has 0 spiro atoms. The van der Waals surface area contributed by atoms with E-state index in [4.69, 9.17) is 23.7 Å². The summed E-state index contributed by atoms with van der Waals surface area (Å²) in [7, 11) is 0. The molecule has 0 bridgehead atoms. The number of carbonyl (C=O) groups is 2. The van der Waals surface area contributed by atoms with Gasteiger partial charge in [0.15, 0.2) is 0 Å². The van der Waals surface area contributed by atoms with Crippen molar-refractivity contribution in [2.24, 2.45) is 28.7 Å². The summed E-state index contributed by atoms with van der Waals surface area (Å²) in [6, 6.07) is 0. The lowest BCUT2D eigenvalue weighted by Crippen LogP contribution is -2.58. The van der Waals surface area contributed by atoms with Crippen molar-refractivity contribution < 1.29 is 9.59 Å². The highest BCUT2D eigenvalue weighted by Gasteiger charge is 2.52. The molecule has 0 unspecified atom stereocenters. The monoisotopic (exact) mass is 297 g/mol. The van der Waals surface area contributed by atoms with Gasteiger partial charge < -0.3 is 16.4 Å². The van der Waals surface area contributed by atoms with E-state index < -0.39 is 5.41 Å². The molecule has 1 saturated carbocycles. The first-order valence-corrected chi connectivity index (χ1v) is 7.63. The lowest BCUT2D eigenvalue weighted by Gasteiger charge is -2.47. The van der Waals surface area contributed by atoms with Crippen LogP contribution in [0.25, 0.3) is 0 Å². The number of piperidine rings is 1. The second-order valence-corrected chi connectivity index (χ2v) is 6.81. The van der Waals surface area contributed by atoms with Crippen LogP contribution in [0.4, 0.5) is 0 Å². The minimum Gasteiger partial charge on any atom is -0.392 e. The maximum atomic E-state index is 12.7. The number of thiocarbonyl (C=S) groups is 1. The molecule has 1 aliphatic heterocycles. The van der Waals surface area contributed by atoms with E-state index in [2.05, 4.69) is 6.92 Å². The Balaban J connectivity index is 1.94. The molecule has 4 N–H and O–H groups in total. The van der Waals surface area contributed by atoms with Gasteiger partial charge in [0.25, 0.3) is 0 Å². The minimum absolute atomic E-state index is 0.0839. The second kappa shape index (κ2) is 5.68. The summed E-state index contributed by atoms with van der Waals surface area (Å²) in [5.41, 5.74) is 10.4. The van der Waals surface area contributed by atoms with Crippen LogP contribution < -0.4 is 11.5 Å². The topological polar surface area (TPSA) is 89.4 Å². The van der Waals surface area contributed by atoms with Gasteiger partial charge in [0.1, 0.15) is 0 Å². The second-order valence-electron chi connectivity index (χ2n) is 6.37. The SMILES string of the molecule is CC1CC(C(=O)N2CCC(CC(N)=O)CC2)(C(N)=S)C1. The summed E-state index contributed by atoms with van der Waals surface area (Å²) in [4.78, 5) is 25.8. The van der Waals surface area contributed by atoms with Gasteiger partial charge in [-0.1, -0.05) is 19.1 Å². The fourth-order valence-corrected chi connectivity index (χ4v) is 3.79. The average Bonchev–Trinajstić information content (AvgIpc) is 2.33.